The van der Waals surface area contributed by atoms with E-state index in [1.165, 1.54) is 0 Å². The van der Waals surface area contributed by atoms with Crippen LogP contribution in [0, 0.1) is 25.7 Å². The van der Waals surface area contributed by atoms with Gasteiger partial charge in [-0.3, -0.25) is 0 Å². The third-order valence-electron chi connectivity index (χ3n) is 4.77. The summed E-state index contributed by atoms with van der Waals surface area (Å²) >= 11 is 0. The zero-order valence-corrected chi connectivity index (χ0v) is 14.8. The number of fused-ring (bicyclic) bond motifs is 1. The highest BCUT2D eigenvalue weighted by Crippen LogP contribution is 2.45. The number of carbonyl (C=O) groups is 1. The summed E-state index contributed by atoms with van der Waals surface area (Å²) in [6.45, 7) is 11.4. The van der Waals surface area contributed by atoms with Gasteiger partial charge in [-0.1, -0.05) is 0 Å². The Morgan fingerprint density at radius 1 is 1.13 bits per heavy atom. The van der Waals surface area contributed by atoms with Gasteiger partial charge in [0, 0.05) is 30.4 Å². The molecule has 2 aliphatic rings. The first-order valence-electron chi connectivity index (χ1n) is 8.51. The zero-order valence-electron chi connectivity index (χ0n) is 14.8. The minimum absolute atomic E-state index is 0.175. The largest absolute Gasteiger partial charge is 0.444 e. The maximum Gasteiger partial charge on any atom is 0.410 e. The van der Waals surface area contributed by atoms with Gasteiger partial charge >= 0.3 is 6.09 Å². The number of nitrogens with zero attached hydrogens (tertiary/aromatic N) is 3. The van der Waals surface area contributed by atoms with Crippen molar-refractivity contribution in [1.29, 1.82) is 0 Å². The van der Waals surface area contributed by atoms with Gasteiger partial charge < -0.3 is 9.64 Å². The first-order valence-corrected chi connectivity index (χ1v) is 8.51. The molecule has 1 saturated heterocycles. The molecule has 1 saturated carbocycles. The summed E-state index contributed by atoms with van der Waals surface area (Å²) in [4.78, 5) is 23.3. The van der Waals surface area contributed by atoms with Crippen LogP contribution in [-0.2, 0) is 4.74 Å². The first-order chi connectivity index (χ1) is 10.7. The smallest absolute Gasteiger partial charge is 0.410 e. The van der Waals surface area contributed by atoms with E-state index in [2.05, 4.69) is 9.97 Å². The Labute approximate surface area is 138 Å². The van der Waals surface area contributed by atoms with Crippen LogP contribution in [-0.4, -0.2) is 39.7 Å². The van der Waals surface area contributed by atoms with Crippen LogP contribution in [0.3, 0.4) is 0 Å². The van der Waals surface area contributed by atoms with Crippen molar-refractivity contribution in [2.24, 2.45) is 11.8 Å². The number of hydrogen-bond donors (Lipinski definition) is 0. The molecule has 2 heterocycles. The lowest BCUT2D eigenvalue weighted by Crippen LogP contribution is -2.36. The van der Waals surface area contributed by atoms with Crippen molar-refractivity contribution in [2.45, 2.75) is 59.0 Å². The van der Waals surface area contributed by atoms with Gasteiger partial charge in [-0.2, -0.15) is 0 Å². The Morgan fingerprint density at radius 3 is 2.13 bits per heavy atom. The number of aromatic nitrogens is 2. The fourth-order valence-corrected chi connectivity index (χ4v) is 3.92. The standard InChI is InChI=1S/C18H27N3O2/c1-11-6-12(2)20-16(19-11)13-7-14-9-21(10-15(14)8-13)17(22)23-18(3,4)5/h6,13-15H,7-10H2,1-5H3. The molecule has 0 aromatic carbocycles. The summed E-state index contributed by atoms with van der Waals surface area (Å²) in [6.07, 6.45) is 1.98. The van der Waals surface area contributed by atoms with E-state index in [-0.39, 0.29) is 6.09 Å². The Morgan fingerprint density at radius 2 is 1.65 bits per heavy atom. The van der Waals surface area contributed by atoms with Crippen molar-refractivity contribution in [1.82, 2.24) is 14.9 Å². The predicted octanol–water partition coefficient (Wildman–Crippen LogP) is 3.45. The molecule has 1 amide bonds. The molecule has 0 radical (unpaired) electrons. The molecule has 0 spiro atoms. The van der Waals surface area contributed by atoms with Crippen LogP contribution in [0.5, 0.6) is 0 Å². The highest BCUT2D eigenvalue weighted by Gasteiger charge is 2.44. The number of rotatable bonds is 1. The molecule has 0 bridgehead atoms. The fraction of sp³-hybridized carbons (Fsp3) is 0.722. The third-order valence-corrected chi connectivity index (χ3v) is 4.77. The maximum atomic E-state index is 12.2. The van der Waals surface area contributed by atoms with Gasteiger partial charge in [-0.05, 0) is 65.4 Å². The van der Waals surface area contributed by atoms with E-state index < -0.39 is 5.60 Å². The Balaban J connectivity index is 1.62. The van der Waals surface area contributed by atoms with Gasteiger partial charge in [0.1, 0.15) is 11.4 Å². The minimum atomic E-state index is -0.426. The van der Waals surface area contributed by atoms with E-state index in [4.69, 9.17) is 4.74 Å². The summed E-state index contributed by atoms with van der Waals surface area (Å²) < 4.78 is 5.49. The lowest BCUT2D eigenvalue weighted by Gasteiger charge is -2.25. The predicted molar refractivity (Wildman–Crippen MR) is 88.3 cm³/mol. The van der Waals surface area contributed by atoms with Crippen LogP contribution in [0.15, 0.2) is 6.07 Å². The lowest BCUT2D eigenvalue weighted by atomic mass is 10.0. The summed E-state index contributed by atoms with van der Waals surface area (Å²) in [5.41, 5.74) is 1.66. The quantitative estimate of drug-likeness (QED) is 0.796. The van der Waals surface area contributed by atoms with Crippen molar-refractivity contribution in [2.75, 3.05) is 13.1 Å². The normalized spacial score (nSPS) is 27.2. The molecule has 2 unspecified atom stereocenters. The Hall–Kier alpha value is -1.65. The molecule has 3 rings (SSSR count). The van der Waals surface area contributed by atoms with Gasteiger partial charge in [-0.25, -0.2) is 14.8 Å². The SMILES string of the molecule is Cc1cc(C)nc(C2CC3CN(C(=O)OC(C)(C)C)CC3C2)n1. The molecule has 0 N–H and O–H groups in total. The van der Waals surface area contributed by atoms with Gasteiger partial charge in [0.25, 0.3) is 0 Å². The number of carbonyl (C=O) groups excluding carboxylic acids is 1. The van der Waals surface area contributed by atoms with Crippen molar-refractivity contribution < 1.29 is 9.53 Å². The van der Waals surface area contributed by atoms with E-state index in [0.717, 1.165) is 43.1 Å². The van der Waals surface area contributed by atoms with Gasteiger partial charge in [0.05, 0.1) is 0 Å². The molecular weight excluding hydrogens is 290 g/mol. The molecule has 5 nitrogen and oxygen atoms in total. The van der Waals surface area contributed by atoms with Crippen LogP contribution >= 0.6 is 0 Å². The summed E-state index contributed by atoms with van der Waals surface area (Å²) in [5, 5.41) is 0. The number of ether oxygens (including phenoxy) is 1. The Bertz CT molecular complexity index is 575. The molecule has 1 aliphatic heterocycles. The second-order valence-corrected chi connectivity index (χ2v) is 8.08. The molecule has 2 atom stereocenters. The topological polar surface area (TPSA) is 55.3 Å². The zero-order chi connectivity index (χ0) is 16.8. The average molecular weight is 317 g/mol. The first kappa shape index (κ1) is 16.2. The second kappa shape index (κ2) is 5.77. The number of hydrogen-bond acceptors (Lipinski definition) is 4. The molecule has 23 heavy (non-hydrogen) atoms. The van der Waals surface area contributed by atoms with E-state index >= 15 is 0 Å². The summed E-state index contributed by atoms with van der Waals surface area (Å²) in [7, 11) is 0. The lowest BCUT2D eigenvalue weighted by molar-refractivity contribution is 0.0279. The molecule has 2 fully saturated rings. The Kier molecular flexibility index (Phi) is 4.07. The highest BCUT2D eigenvalue weighted by molar-refractivity contribution is 5.68. The van der Waals surface area contributed by atoms with Crippen molar-refractivity contribution >= 4 is 6.09 Å². The summed E-state index contributed by atoms with van der Waals surface area (Å²) in [6, 6.07) is 2.02. The van der Waals surface area contributed by atoms with Crippen LogP contribution in [0.2, 0.25) is 0 Å². The second-order valence-electron chi connectivity index (χ2n) is 8.08. The maximum absolute atomic E-state index is 12.2. The summed E-state index contributed by atoms with van der Waals surface area (Å²) in [5.74, 6) is 2.53. The highest BCUT2D eigenvalue weighted by atomic mass is 16.6. The molecular formula is C18H27N3O2. The van der Waals surface area contributed by atoms with Crippen LogP contribution in [0.25, 0.3) is 0 Å². The van der Waals surface area contributed by atoms with Crippen molar-refractivity contribution in [3.63, 3.8) is 0 Å². The molecule has 1 aliphatic carbocycles. The molecule has 1 aromatic rings. The van der Waals surface area contributed by atoms with E-state index in [1.54, 1.807) is 0 Å². The van der Waals surface area contributed by atoms with E-state index in [0.29, 0.717) is 17.8 Å². The van der Waals surface area contributed by atoms with E-state index in [1.807, 2.05) is 45.6 Å². The molecule has 1 aromatic heterocycles. The third kappa shape index (κ3) is 3.65. The molecule has 5 heteroatoms. The van der Waals surface area contributed by atoms with Gasteiger partial charge in [-0.15, -0.1) is 0 Å². The van der Waals surface area contributed by atoms with Crippen molar-refractivity contribution in [3.8, 4) is 0 Å². The monoisotopic (exact) mass is 317 g/mol. The average Bonchev–Trinajstić information content (AvgIpc) is 2.92. The number of likely N-dealkylation sites (tertiary alicyclic amines) is 1. The van der Waals surface area contributed by atoms with Crippen molar-refractivity contribution in [3.05, 3.63) is 23.3 Å². The number of amides is 1. The van der Waals surface area contributed by atoms with E-state index in [9.17, 15) is 4.79 Å². The van der Waals surface area contributed by atoms with Gasteiger partial charge in [0.2, 0.25) is 0 Å². The van der Waals surface area contributed by atoms with Crippen LogP contribution in [0.1, 0.15) is 56.7 Å². The van der Waals surface area contributed by atoms with Crippen LogP contribution in [0.4, 0.5) is 4.79 Å². The fourth-order valence-electron chi connectivity index (χ4n) is 3.92. The van der Waals surface area contributed by atoms with Crippen LogP contribution < -0.4 is 0 Å². The van der Waals surface area contributed by atoms with Gasteiger partial charge in [0.15, 0.2) is 0 Å². The number of aryl methyl sites for hydroxylation is 2. The molecule has 126 valence electrons. The minimum Gasteiger partial charge on any atom is -0.444 e.